The summed E-state index contributed by atoms with van der Waals surface area (Å²) < 4.78 is 0.904. The van der Waals surface area contributed by atoms with Crippen LogP contribution in [-0.2, 0) is 4.79 Å². The summed E-state index contributed by atoms with van der Waals surface area (Å²) >= 11 is 9.40. The summed E-state index contributed by atoms with van der Waals surface area (Å²) in [6, 6.07) is 9.61. The van der Waals surface area contributed by atoms with Gasteiger partial charge in [-0.2, -0.15) is 5.26 Å². The summed E-state index contributed by atoms with van der Waals surface area (Å²) in [5, 5.41) is 20.9. The Kier molecular flexibility index (Phi) is 6.69. The van der Waals surface area contributed by atoms with Crippen LogP contribution in [0.25, 0.3) is 0 Å². The number of rotatable bonds is 4. The second kappa shape index (κ2) is 9.61. The summed E-state index contributed by atoms with van der Waals surface area (Å²) in [5.74, 6) is -0.152. The molecule has 1 fully saturated rings. The van der Waals surface area contributed by atoms with E-state index < -0.39 is 5.92 Å². The molecule has 1 unspecified atom stereocenters. The fraction of sp³-hybridized carbons (Fsp3) is 0.462. The van der Waals surface area contributed by atoms with Gasteiger partial charge in [0.25, 0.3) is 0 Å². The van der Waals surface area contributed by atoms with Crippen LogP contribution in [0, 0.1) is 16.7 Å². The molecule has 0 spiro atoms. The van der Waals surface area contributed by atoms with Gasteiger partial charge in [0.2, 0.25) is 5.13 Å². The molecule has 2 aliphatic carbocycles. The summed E-state index contributed by atoms with van der Waals surface area (Å²) in [6.07, 6.45) is 7.30. The van der Waals surface area contributed by atoms with Crippen LogP contribution in [0.1, 0.15) is 70.3 Å². The SMILES string of the molecule is CC1(C)CC(=O)C2=C(C1)N(c1nnc(SC3CCCCC3)s1)C(N)=C(C#N)C2c1ccc(Cl)cc1. The van der Waals surface area contributed by atoms with Crippen molar-refractivity contribution in [2.24, 2.45) is 11.1 Å². The van der Waals surface area contributed by atoms with E-state index >= 15 is 0 Å². The molecule has 9 heteroatoms. The lowest BCUT2D eigenvalue weighted by Gasteiger charge is -2.42. The third-order valence-electron chi connectivity index (χ3n) is 6.99. The van der Waals surface area contributed by atoms with E-state index in [4.69, 9.17) is 17.3 Å². The third-order valence-corrected chi connectivity index (χ3v) is 9.57. The van der Waals surface area contributed by atoms with E-state index in [1.54, 1.807) is 23.9 Å². The molecule has 35 heavy (non-hydrogen) atoms. The van der Waals surface area contributed by atoms with Crippen molar-refractivity contribution in [2.75, 3.05) is 4.90 Å². The molecule has 2 aromatic rings. The first-order valence-electron chi connectivity index (χ1n) is 12.0. The van der Waals surface area contributed by atoms with Crippen molar-refractivity contribution in [1.29, 1.82) is 5.26 Å². The number of nitrogens with zero attached hydrogens (tertiary/aromatic N) is 4. The molecule has 2 N–H and O–H groups in total. The Morgan fingerprint density at radius 1 is 1.17 bits per heavy atom. The van der Waals surface area contributed by atoms with Crippen molar-refractivity contribution in [1.82, 2.24) is 10.2 Å². The molecule has 5 rings (SSSR count). The van der Waals surface area contributed by atoms with Crippen LogP contribution in [0.4, 0.5) is 5.13 Å². The summed E-state index contributed by atoms with van der Waals surface area (Å²) in [6.45, 7) is 4.18. The molecule has 0 bridgehead atoms. The Morgan fingerprint density at radius 3 is 2.57 bits per heavy atom. The molecule has 1 aromatic carbocycles. The van der Waals surface area contributed by atoms with Crippen molar-refractivity contribution in [2.45, 2.75) is 74.3 Å². The number of benzene rings is 1. The zero-order chi connectivity index (χ0) is 24.7. The van der Waals surface area contributed by atoms with Gasteiger partial charge >= 0.3 is 0 Å². The van der Waals surface area contributed by atoms with E-state index in [1.807, 2.05) is 17.0 Å². The molecular weight excluding hydrogens is 498 g/mol. The number of ketones is 1. The Bertz CT molecular complexity index is 1250. The maximum atomic E-state index is 13.6. The number of carbonyl (C=O) groups excluding carboxylic acids is 1. The van der Waals surface area contributed by atoms with E-state index in [1.165, 1.54) is 43.4 Å². The van der Waals surface area contributed by atoms with Crippen LogP contribution < -0.4 is 10.6 Å². The fourth-order valence-electron chi connectivity index (χ4n) is 5.38. The van der Waals surface area contributed by atoms with E-state index in [9.17, 15) is 10.1 Å². The molecule has 1 aromatic heterocycles. The number of hydrogen-bond acceptors (Lipinski definition) is 8. The zero-order valence-electron chi connectivity index (χ0n) is 19.9. The maximum Gasteiger partial charge on any atom is 0.219 e. The number of allylic oxidation sites excluding steroid dienone is 3. The topological polar surface area (TPSA) is 95.9 Å². The van der Waals surface area contributed by atoms with Gasteiger partial charge in [-0.3, -0.25) is 9.69 Å². The van der Waals surface area contributed by atoms with Gasteiger partial charge in [-0.05, 0) is 42.4 Å². The van der Waals surface area contributed by atoms with Gasteiger partial charge < -0.3 is 5.73 Å². The lowest BCUT2D eigenvalue weighted by atomic mass is 9.69. The highest BCUT2D eigenvalue weighted by Gasteiger charge is 2.45. The number of hydrogen-bond donors (Lipinski definition) is 1. The second-order valence-electron chi connectivity index (χ2n) is 10.3. The predicted octanol–water partition coefficient (Wildman–Crippen LogP) is 6.56. The number of nitrogens with two attached hydrogens (primary N) is 1. The van der Waals surface area contributed by atoms with Crippen LogP contribution in [0.5, 0.6) is 0 Å². The fourth-order valence-corrected chi connectivity index (χ4v) is 7.89. The molecule has 2 heterocycles. The van der Waals surface area contributed by atoms with Crippen LogP contribution in [-0.4, -0.2) is 21.2 Å². The third kappa shape index (κ3) is 4.74. The molecule has 0 radical (unpaired) electrons. The number of halogens is 1. The van der Waals surface area contributed by atoms with Crippen molar-refractivity contribution in [3.05, 3.63) is 57.5 Å². The van der Waals surface area contributed by atoms with E-state index in [-0.39, 0.29) is 11.2 Å². The minimum Gasteiger partial charge on any atom is -0.384 e. The van der Waals surface area contributed by atoms with E-state index in [0.29, 0.717) is 45.2 Å². The first-order valence-corrected chi connectivity index (χ1v) is 14.1. The molecule has 6 nitrogen and oxygen atoms in total. The van der Waals surface area contributed by atoms with Gasteiger partial charge in [-0.25, -0.2) is 0 Å². The Labute approximate surface area is 219 Å². The Balaban J connectivity index is 1.60. The largest absolute Gasteiger partial charge is 0.384 e. The molecule has 1 aliphatic heterocycles. The predicted molar refractivity (Wildman–Crippen MR) is 141 cm³/mol. The van der Waals surface area contributed by atoms with E-state index in [2.05, 4.69) is 30.1 Å². The zero-order valence-corrected chi connectivity index (χ0v) is 22.3. The number of aromatic nitrogens is 2. The molecule has 0 amide bonds. The van der Waals surface area contributed by atoms with Crippen LogP contribution in [0.2, 0.25) is 5.02 Å². The van der Waals surface area contributed by atoms with E-state index in [0.717, 1.165) is 15.6 Å². The monoisotopic (exact) mass is 525 g/mol. The summed E-state index contributed by atoms with van der Waals surface area (Å²) in [5.41, 5.74) is 9.12. The van der Waals surface area contributed by atoms with Gasteiger partial charge in [0, 0.05) is 28.0 Å². The Morgan fingerprint density at radius 2 is 1.89 bits per heavy atom. The molecule has 0 saturated heterocycles. The average Bonchev–Trinajstić information content (AvgIpc) is 3.26. The van der Waals surface area contributed by atoms with Crippen LogP contribution >= 0.6 is 34.7 Å². The van der Waals surface area contributed by atoms with Gasteiger partial charge in [0.1, 0.15) is 5.82 Å². The number of nitriles is 1. The highest BCUT2D eigenvalue weighted by molar-refractivity contribution is 8.01. The average molecular weight is 526 g/mol. The number of anilines is 1. The summed E-state index contributed by atoms with van der Waals surface area (Å²) in [4.78, 5) is 15.4. The van der Waals surface area contributed by atoms with Crippen molar-refractivity contribution in [3.63, 3.8) is 0 Å². The van der Waals surface area contributed by atoms with Gasteiger partial charge in [-0.15, -0.1) is 10.2 Å². The smallest absolute Gasteiger partial charge is 0.219 e. The summed E-state index contributed by atoms with van der Waals surface area (Å²) in [7, 11) is 0. The first-order chi connectivity index (χ1) is 16.8. The standard InChI is InChI=1S/C26H28ClN5OS2/c1-26(2)12-19-22(20(33)13-26)21(15-8-10-16(27)11-9-15)18(14-28)23(29)32(19)24-30-31-25(35-24)34-17-6-4-3-5-7-17/h8-11,17,21H,3-7,12-13,29H2,1-2H3. The number of thioether (sulfide) groups is 1. The van der Waals surface area contributed by atoms with Crippen molar-refractivity contribution >= 4 is 45.6 Å². The molecule has 1 atom stereocenters. The van der Waals surface area contributed by atoms with Crippen molar-refractivity contribution < 1.29 is 4.79 Å². The van der Waals surface area contributed by atoms with Crippen molar-refractivity contribution in [3.8, 4) is 6.07 Å². The molecule has 1 saturated carbocycles. The first kappa shape index (κ1) is 24.4. The molecule has 182 valence electrons. The lowest BCUT2D eigenvalue weighted by molar-refractivity contribution is -0.118. The van der Waals surface area contributed by atoms with Crippen LogP contribution in [0.3, 0.4) is 0 Å². The quantitative estimate of drug-likeness (QED) is 0.483. The molecular formula is C26H28ClN5OS2. The maximum absolute atomic E-state index is 13.6. The van der Waals surface area contributed by atoms with Gasteiger partial charge in [0.15, 0.2) is 10.1 Å². The normalized spacial score (nSPS) is 22.9. The van der Waals surface area contributed by atoms with Crippen LogP contribution in [0.15, 0.2) is 51.3 Å². The lowest BCUT2D eigenvalue weighted by Crippen LogP contribution is -2.42. The van der Waals surface area contributed by atoms with Gasteiger partial charge in [-0.1, -0.05) is 79.9 Å². The Hall–Kier alpha value is -2.34. The highest BCUT2D eigenvalue weighted by atomic mass is 35.5. The second-order valence-corrected chi connectivity index (χ2v) is 13.2. The highest BCUT2D eigenvalue weighted by Crippen LogP contribution is 2.51. The molecule has 3 aliphatic rings. The number of carbonyl (C=O) groups is 1. The minimum atomic E-state index is -0.517. The minimum absolute atomic E-state index is 0.0442. The van der Waals surface area contributed by atoms with Gasteiger partial charge in [0.05, 0.1) is 17.6 Å². The number of Topliss-reactive ketones (excluding diaryl/α,β-unsaturated/α-hetero) is 1.